The van der Waals surface area contributed by atoms with Crippen molar-refractivity contribution in [1.29, 1.82) is 0 Å². The molecule has 0 bridgehead atoms. The molecule has 0 amide bonds. The van der Waals surface area contributed by atoms with E-state index in [0.29, 0.717) is 17.8 Å². The highest BCUT2D eigenvalue weighted by atomic mass is 16.3. The van der Waals surface area contributed by atoms with E-state index in [0.717, 1.165) is 24.3 Å². The Morgan fingerprint density at radius 3 is 2.60 bits per heavy atom. The number of phenolic OH excluding ortho intramolecular Hbond substituents is 1. The third-order valence-electron chi connectivity index (χ3n) is 5.32. The van der Waals surface area contributed by atoms with E-state index in [4.69, 9.17) is 0 Å². The van der Waals surface area contributed by atoms with Crippen molar-refractivity contribution < 1.29 is 5.11 Å². The highest BCUT2D eigenvalue weighted by Crippen LogP contribution is 2.37. The summed E-state index contributed by atoms with van der Waals surface area (Å²) in [4.78, 5) is 0. The molecule has 2 N–H and O–H groups in total. The molecule has 0 saturated heterocycles. The molecule has 0 heterocycles. The monoisotopic (exact) mass is 273 g/mol. The molecule has 1 unspecified atom stereocenters. The molecule has 2 aliphatic rings. The predicted molar refractivity (Wildman–Crippen MR) is 83.0 cm³/mol. The largest absolute Gasteiger partial charge is 0.508 e. The molecular weight excluding hydrogens is 246 g/mol. The highest BCUT2D eigenvalue weighted by Gasteiger charge is 2.28. The van der Waals surface area contributed by atoms with Gasteiger partial charge in [-0.15, -0.1) is 0 Å². The van der Waals surface area contributed by atoms with Gasteiger partial charge >= 0.3 is 0 Å². The number of aromatic hydroxyl groups is 1. The first-order chi connectivity index (χ1) is 9.75. The van der Waals surface area contributed by atoms with Gasteiger partial charge in [0.15, 0.2) is 0 Å². The first kappa shape index (κ1) is 13.9. The van der Waals surface area contributed by atoms with Gasteiger partial charge in [-0.2, -0.15) is 0 Å². The van der Waals surface area contributed by atoms with Crippen molar-refractivity contribution >= 4 is 0 Å². The maximum absolute atomic E-state index is 9.94. The molecule has 110 valence electrons. The van der Waals surface area contributed by atoms with Gasteiger partial charge in [-0.3, -0.25) is 0 Å². The normalized spacial score (nSPS) is 25.1. The fraction of sp³-hybridized carbons (Fsp3) is 0.667. The van der Waals surface area contributed by atoms with E-state index < -0.39 is 0 Å². The molecule has 1 aromatic rings. The van der Waals surface area contributed by atoms with Crippen molar-refractivity contribution in [2.75, 3.05) is 0 Å². The molecule has 3 rings (SSSR count). The summed E-state index contributed by atoms with van der Waals surface area (Å²) in [5, 5.41) is 13.8. The third-order valence-corrected chi connectivity index (χ3v) is 5.32. The second-order valence-corrected chi connectivity index (χ2v) is 6.64. The van der Waals surface area contributed by atoms with E-state index >= 15 is 0 Å². The average molecular weight is 273 g/mol. The van der Waals surface area contributed by atoms with E-state index in [2.05, 4.69) is 18.3 Å². The number of fused-ring (bicyclic) bond motifs is 1. The Bertz CT molecular complexity index is 449. The molecule has 20 heavy (non-hydrogen) atoms. The van der Waals surface area contributed by atoms with Gasteiger partial charge in [-0.1, -0.05) is 37.8 Å². The van der Waals surface area contributed by atoms with Gasteiger partial charge in [0.25, 0.3) is 0 Å². The van der Waals surface area contributed by atoms with Crippen LogP contribution in [0.5, 0.6) is 5.75 Å². The minimum absolute atomic E-state index is 0.440. The van der Waals surface area contributed by atoms with Crippen LogP contribution >= 0.6 is 0 Å². The van der Waals surface area contributed by atoms with Crippen LogP contribution in [0.4, 0.5) is 0 Å². The van der Waals surface area contributed by atoms with Crippen LogP contribution in [0, 0.1) is 5.92 Å². The maximum atomic E-state index is 9.94. The van der Waals surface area contributed by atoms with Crippen LogP contribution in [-0.2, 0) is 6.42 Å². The van der Waals surface area contributed by atoms with Crippen LogP contribution < -0.4 is 5.32 Å². The van der Waals surface area contributed by atoms with Crippen LogP contribution in [0.25, 0.3) is 0 Å². The minimum Gasteiger partial charge on any atom is -0.508 e. The number of hydrogen-bond acceptors (Lipinski definition) is 2. The number of hydrogen-bond donors (Lipinski definition) is 2. The number of benzene rings is 1. The Morgan fingerprint density at radius 2 is 1.85 bits per heavy atom. The van der Waals surface area contributed by atoms with E-state index in [1.54, 1.807) is 0 Å². The predicted octanol–water partition coefficient (Wildman–Crippen LogP) is 4.33. The Morgan fingerprint density at radius 1 is 1.10 bits per heavy atom. The standard InChI is InChI=1S/C18H27NO/c1-13(14-7-4-2-3-5-8-14)19-17-12-11-16-15(17)9-6-10-18(16)20/h6,9-10,13-14,17,19-20H,2-5,7-8,11-12H2,1H3/t13-,17?/m1/s1. The molecule has 1 fully saturated rings. The number of phenols is 1. The SMILES string of the molecule is C[C@@H](NC1CCc2c(O)cccc21)C1CCCCCC1. The van der Waals surface area contributed by atoms with Crippen molar-refractivity contribution in [2.45, 2.75) is 70.4 Å². The van der Waals surface area contributed by atoms with Crippen LogP contribution in [-0.4, -0.2) is 11.1 Å². The molecule has 0 radical (unpaired) electrons. The zero-order chi connectivity index (χ0) is 13.9. The summed E-state index contributed by atoms with van der Waals surface area (Å²) in [6, 6.07) is 7.00. The maximum Gasteiger partial charge on any atom is 0.119 e. The first-order valence-corrected chi connectivity index (χ1v) is 8.32. The Hall–Kier alpha value is -1.02. The third kappa shape index (κ3) is 2.85. The second-order valence-electron chi connectivity index (χ2n) is 6.64. The lowest BCUT2D eigenvalue weighted by atomic mass is 9.92. The van der Waals surface area contributed by atoms with Gasteiger partial charge in [-0.25, -0.2) is 0 Å². The van der Waals surface area contributed by atoms with Crippen LogP contribution in [0.2, 0.25) is 0 Å². The van der Waals surface area contributed by atoms with Crippen LogP contribution in [0.15, 0.2) is 18.2 Å². The van der Waals surface area contributed by atoms with Crippen LogP contribution in [0.3, 0.4) is 0 Å². The molecule has 0 aromatic heterocycles. The summed E-state index contributed by atoms with van der Waals surface area (Å²) in [5.41, 5.74) is 2.49. The van der Waals surface area contributed by atoms with Gasteiger partial charge in [0, 0.05) is 12.1 Å². The Labute approximate surface area is 122 Å². The summed E-state index contributed by atoms with van der Waals surface area (Å²) >= 11 is 0. The van der Waals surface area contributed by atoms with Gasteiger partial charge in [0.1, 0.15) is 5.75 Å². The van der Waals surface area contributed by atoms with Crippen molar-refractivity contribution in [3.8, 4) is 5.75 Å². The zero-order valence-electron chi connectivity index (χ0n) is 12.6. The summed E-state index contributed by atoms with van der Waals surface area (Å²) in [7, 11) is 0. The molecular formula is C18H27NO. The molecule has 2 heteroatoms. The summed E-state index contributed by atoms with van der Waals surface area (Å²) < 4.78 is 0. The van der Waals surface area contributed by atoms with Crippen molar-refractivity contribution in [3.05, 3.63) is 29.3 Å². The number of nitrogens with one attached hydrogen (secondary N) is 1. The molecule has 2 aliphatic carbocycles. The smallest absolute Gasteiger partial charge is 0.119 e. The second kappa shape index (κ2) is 6.17. The zero-order valence-corrected chi connectivity index (χ0v) is 12.6. The van der Waals surface area contributed by atoms with Gasteiger partial charge in [0.2, 0.25) is 0 Å². The van der Waals surface area contributed by atoms with Crippen molar-refractivity contribution in [1.82, 2.24) is 5.32 Å². The molecule has 2 atom stereocenters. The highest BCUT2D eigenvalue weighted by molar-refractivity contribution is 5.44. The van der Waals surface area contributed by atoms with Gasteiger partial charge in [0.05, 0.1) is 0 Å². The lowest BCUT2D eigenvalue weighted by Gasteiger charge is -2.27. The molecule has 2 nitrogen and oxygen atoms in total. The Kier molecular flexibility index (Phi) is 4.30. The van der Waals surface area contributed by atoms with E-state index in [-0.39, 0.29) is 0 Å². The summed E-state index contributed by atoms with van der Waals surface area (Å²) in [6.07, 6.45) is 10.5. The fourth-order valence-electron chi connectivity index (χ4n) is 4.07. The topological polar surface area (TPSA) is 32.3 Å². The summed E-state index contributed by atoms with van der Waals surface area (Å²) in [6.45, 7) is 2.36. The van der Waals surface area contributed by atoms with Crippen molar-refractivity contribution in [3.63, 3.8) is 0 Å². The first-order valence-electron chi connectivity index (χ1n) is 8.32. The number of rotatable bonds is 3. The van der Waals surface area contributed by atoms with E-state index in [9.17, 15) is 5.11 Å². The van der Waals surface area contributed by atoms with Gasteiger partial charge in [-0.05, 0) is 55.7 Å². The lowest BCUT2D eigenvalue weighted by Crippen LogP contribution is -2.35. The molecule has 1 saturated carbocycles. The Balaban J connectivity index is 1.66. The average Bonchev–Trinajstić information content (AvgIpc) is 2.69. The lowest BCUT2D eigenvalue weighted by molar-refractivity contribution is 0.309. The fourth-order valence-corrected chi connectivity index (χ4v) is 4.07. The van der Waals surface area contributed by atoms with Gasteiger partial charge < -0.3 is 10.4 Å². The van der Waals surface area contributed by atoms with E-state index in [1.165, 1.54) is 44.1 Å². The summed E-state index contributed by atoms with van der Waals surface area (Å²) in [5.74, 6) is 1.31. The van der Waals surface area contributed by atoms with E-state index in [1.807, 2.05) is 12.1 Å². The quantitative estimate of drug-likeness (QED) is 0.803. The minimum atomic E-state index is 0.440. The van der Waals surface area contributed by atoms with Crippen LogP contribution in [0.1, 0.15) is 69.0 Å². The van der Waals surface area contributed by atoms with Crippen molar-refractivity contribution in [2.24, 2.45) is 5.92 Å². The molecule has 0 aliphatic heterocycles. The molecule has 0 spiro atoms. The molecule has 1 aromatic carbocycles.